The van der Waals surface area contributed by atoms with Gasteiger partial charge in [-0.05, 0) is 6.07 Å². The maximum Gasteiger partial charge on any atom is 0.352 e. The first-order valence-corrected chi connectivity index (χ1v) is 4.07. The van der Waals surface area contributed by atoms with E-state index in [1.54, 1.807) is 24.3 Å². The molecule has 0 radical (unpaired) electrons. The van der Waals surface area contributed by atoms with E-state index < -0.39 is 10.3 Å². The van der Waals surface area contributed by atoms with Crippen LogP contribution in [0.4, 0.5) is 0 Å². The lowest BCUT2D eigenvalue weighted by atomic mass is 10.1. The summed E-state index contributed by atoms with van der Waals surface area (Å²) < 4.78 is 3.29. The van der Waals surface area contributed by atoms with Gasteiger partial charge in [-0.1, -0.05) is 41.4 Å². The van der Waals surface area contributed by atoms with Crippen LogP contribution in [0.2, 0.25) is 0 Å². The first kappa shape index (κ1) is 7.90. The monoisotopic (exact) mass is 202 g/mol. The molecule has 4 heteroatoms. The minimum absolute atomic E-state index is 0.438. The number of ether oxygens (including phenoxy) is 1. The maximum atomic E-state index is 11.1. The molecule has 0 atom stereocenters. The number of hydrogen-bond donors (Lipinski definition) is 0. The highest BCUT2D eigenvalue weighted by molar-refractivity contribution is 6.57. The molecule has 0 aromatic heterocycles. The first-order valence-electron chi connectivity index (χ1n) is 3.32. The number of fused-ring (bicyclic) bond motifs is 1. The van der Waals surface area contributed by atoms with Crippen molar-refractivity contribution in [3.05, 3.63) is 29.8 Å². The Kier molecular flexibility index (Phi) is 1.56. The van der Waals surface area contributed by atoms with Gasteiger partial charge in [0.25, 0.3) is 0 Å². The maximum absolute atomic E-state index is 11.1. The summed E-state index contributed by atoms with van der Waals surface area (Å²) in [5, 5.41) is 0. The van der Waals surface area contributed by atoms with Crippen molar-refractivity contribution in [1.29, 1.82) is 0 Å². The molecule has 1 aromatic rings. The van der Waals surface area contributed by atoms with Gasteiger partial charge in [0.2, 0.25) is 4.33 Å². The van der Waals surface area contributed by atoms with Crippen molar-refractivity contribution in [3.8, 4) is 5.75 Å². The molecule has 12 heavy (non-hydrogen) atoms. The van der Waals surface area contributed by atoms with E-state index in [2.05, 4.69) is 0 Å². The van der Waals surface area contributed by atoms with E-state index in [1.165, 1.54) is 0 Å². The summed E-state index contributed by atoms with van der Waals surface area (Å²) in [6, 6.07) is 6.82. The van der Waals surface area contributed by atoms with Gasteiger partial charge in [0.05, 0.1) is 0 Å². The van der Waals surface area contributed by atoms with Crippen LogP contribution in [0, 0.1) is 0 Å². The van der Waals surface area contributed by atoms with Gasteiger partial charge in [0, 0.05) is 5.56 Å². The number of para-hydroxylation sites is 1. The van der Waals surface area contributed by atoms with Gasteiger partial charge >= 0.3 is 5.97 Å². The number of alkyl halides is 2. The van der Waals surface area contributed by atoms with E-state index in [9.17, 15) is 4.79 Å². The standard InChI is InChI=1S/C8H4Cl2O2/c9-8(10)5-3-1-2-4-6(5)12-7(8)11/h1-4H. The van der Waals surface area contributed by atoms with Crippen LogP contribution in [-0.2, 0) is 9.13 Å². The Morgan fingerprint density at radius 1 is 1.25 bits per heavy atom. The third kappa shape index (κ3) is 0.919. The molecule has 0 aliphatic carbocycles. The lowest BCUT2D eigenvalue weighted by molar-refractivity contribution is -0.133. The zero-order valence-corrected chi connectivity index (χ0v) is 7.39. The van der Waals surface area contributed by atoms with Crippen LogP contribution in [0.3, 0.4) is 0 Å². The Labute approximate surface area is 79.0 Å². The van der Waals surface area contributed by atoms with Crippen molar-refractivity contribution >= 4 is 29.2 Å². The van der Waals surface area contributed by atoms with Crippen molar-refractivity contribution in [1.82, 2.24) is 0 Å². The molecule has 2 nitrogen and oxygen atoms in total. The Morgan fingerprint density at radius 2 is 1.92 bits per heavy atom. The fraction of sp³-hybridized carbons (Fsp3) is 0.125. The normalized spacial score (nSPS) is 18.7. The summed E-state index contributed by atoms with van der Waals surface area (Å²) in [6.07, 6.45) is 0. The highest BCUT2D eigenvalue weighted by Gasteiger charge is 2.46. The van der Waals surface area contributed by atoms with E-state index in [-0.39, 0.29) is 0 Å². The Balaban J connectivity index is 2.63. The van der Waals surface area contributed by atoms with Gasteiger partial charge in [-0.3, -0.25) is 0 Å². The lowest BCUT2D eigenvalue weighted by Gasteiger charge is -2.05. The molecule has 0 saturated carbocycles. The summed E-state index contributed by atoms with van der Waals surface area (Å²) in [4.78, 5) is 11.1. The number of esters is 1. The lowest BCUT2D eigenvalue weighted by Crippen LogP contribution is -2.20. The molecule has 1 aliphatic rings. The second-order valence-electron chi connectivity index (χ2n) is 2.46. The minimum atomic E-state index is -1.53. The fourth-order valence-corrected chi connectivity index (χ4v) is 1.48. The number of carbonyl (C=O) groups excluding carboxylic acids is 1. The topological polar surface area (TPSA) is 26.3 Å². The van der Waals surface area contributed by atoms with Crippen LogP contribution in [0.1, 0.15) is 5.56 Å². The third-order valence-electron chi connectivity index (χ3n) is 1.68. The Hall–Kier alpha value is -0.730. The molecule has 62 valence electrons. The predicted octanol–water partition coefficient (Wildman–Crippen LogP) is 2.24. The van der Waals surface area contributed by atoms with Crippen molar-refractivity contribution in [2.45, 2.75) is 4.33 Å². The minimum Gasteiger partial charge on any atom is -0.424 e. The molecule has 0 N–H and O–H groups in total. The fourth-order valence-electron chi connectivity index (χ4n) is 1.09. The molecule has 1 aromatic carbocycles. The summed E-state index contributed by atoms with van der Waals surface area (Å²) in [7, 11) is 0. The largest absolute Gasteiger partial charge is 0.424 e. The van der Waals surface area contributed by atoms with Gasteiger partial charge in [-0.2, -0.15) is 0 Å². The molecule has 0 fully saturated rings. The van der Waals surface area contributed by atoms with Crippen LogP contribution in [0.15, 0.2) is 24.3 Å². The second-order valence-corrected chi connectivity index (χ2v) is 3.79. The summed E-state index contributed by atoms with van der Waals surface area (Å²) in [5.41, 5.74) is 0.512. The van der Waals surface area contributed by atoms with Gasteiger partial charge < -0.3 is 4.74 Å². The van der Waals surface area contributed by atoms with Gasteiger partial charge in [-0.15, -0.1) is 0 Å². The van der Waals surface area contributed by atoms with Crippen LogP contribution < -0.4 is 4.74 Å². The molecule has 0 unspecified atom stereocenters. The van der Waals surface area contributed by atoms with Crippen molar-refractivity contribution in [3.63, 3.8) is 0 Å². The smallest absolute Gasteiger partial charge is 0.352 e. The summed E-state index contributed by atoms with van der Waals surface area (Å²) >= 11 is 11.5. The molecular formula is C8H4Cl2O2. The molecule has 1 heterocycles. The second kappa shape index (κ2) is 2.38. The SMILES string of the molecule is O=C1Oc2ccccc2C1(Cl)Cl. The average molecular weight is 203 g/mol. The van der Waals surface area contributed by atoms with Gasteiger partial charge in [-0.25, -0.2) is 4.79 Å². The first-order chi connectivity index (χ1) is 5.62. The van der Waals surface area contributed by atoms with Crippen molar-refractivity contribution in [2.75, 3.05) is 0 Å². The number of halogens is 2. The Bertz CT molecular complexity index is 347. The molecule has 1 aliphatic heterocycles. The molecular weight excluding hydrogens is 199 g/mol. The highest BCUT2D eigenvalue weighted by atomic mass is 35.5. The van der Waals surface area contributed by atoms with Crippen molar-refractivity contribution < 1.29 is 9.53 Å². The summed E-state index contributed by atoms with van der Waals surface area (Å²) in [6.45, 7) is 0. The molecule has 0 amide bonds. The van der Waals surface area contributed by atoms with Gasteiger partial charge in [0.15, 0.2) is 0 Å². The van der Waals surface area contributed by atoms with Crippen molar-refractivity contribution in [2.24, 2.45) is 0 Å². The molecule has 0 spiro atoms. The van der Waals surface area contributed by atoms with E-state index in [0.717, 1.165) is 0 Å². The number of carbonyl (C=O) groups is 1. The molecule has 0 saturated heterocycles. The highest BCUT2D eigenvalue weighted by Crippen LogP contribution is 2.45. The van der Waals surface area contributed by atoms with Gasteiger partial charge in [0.1, 0.15) is 5.75 Å². The average Bonchev–Trinajstić information content (AvgIpc) is 2.25. The predicted molar refractivity (Wildman–Crippen MR) is 45.5 cm³/mol. The number of rotatable bonds is 0. The Morgan fingerprint density at radius 3 is 2.58 bits per heavy atom. The van der Waals surface area contributed by atoms with Crippen LogP contribution in [-0.4, -0.2) is 5.97 Å². The van der Waals surface area contributed by atoms with E-state index in [4.69, 9.17) is 27.9 Å². The zero-order valence-electron chi connectivity index (χ0n) is 5.88. The molecule has 0 bridgehead atoms. The van der Waals surface area contributed by atoms with Crippen LogP contribution >= 0.6 is 23.2 Å². The van der Waals surface area contributed by atoms with Crippen LogP contribution in [0.5, 0.6) is 5.75 Å². The van der Waals surface area contributed by atoms with E-state index in [1.807, 2.05) is 0 Å². The number of hydrogen-bond acceptors (Lipinski definition) is 2. The van der Waals surface area contributed by atoms with E-state index >= 15 is 0 Å². The number of benzene rings is 1. The molecule has 2 rings (SSSR count). The zero-order chi connectivity index (χ0) is 8.77. The quantitative estimate of drug-likeness (QED) is 0.367. The van der Waals surface area contributed by atoms with E-state index in [0.29, 0.717) is 11.3 Å². The third-order valence-corrected chi connectivity index (χ3v) is 2.40. The van der Waals surface area contributed by atoms with Crippen LogP contribution in [0.25, 0.3) is 0 Å². The summed E-state index contributed by atoms with van der Waals surface area (Å²) in [5.74, 6) is -0.195.